The molecule has 1 atom stereocenters. The highest BCUT2D eigenvalue weighted by Gasteiger charge is 2.34. The fourth-order valence-corrected chi connectivity index (χ4v) is 3.42. The molecule has 1 aliphatic rings. The lowest BCUT2D eigenvalue weighted by Crippen LogP contribution is -2.48. The van der Waals surface area contributed by atoms with Crippen molar-refractivity contribution in [1.82, 2.24) is 4.31 Å². The van der Waals surface area contributed by atoms with E-state index < -0.39 is 22.1 Å². The molecule has 1 heterocycles. The molecule has 1 saturated heterocycles. The zero-order chi connectivity index (χ0) is 15.6. The molecule has 2 rings (SSSR count). The van der Waals surface area contributed by atoms with Gasteiger partial charge in [0.05, 0.1) is 30.8 Å². The van der Waals surface area contributed by atoms with Gasteiger partial charge in [0.15, 0.2) is 6.10 Å². The van der Waals surface area contributed by atoms with Crippen LogP contribution in [0.2, 0.25) is 0 Å². The monoisotopic (exact) mass is 316 g/mol. The van der Waals surface area contributed by atoms with E-state index in [1.807, 2.05) is 0 Å². The van der Waals surface area contributed by atoms with E-state index in [9.17, 15) is 18.3 Å². The van der Waals surface area contributed by atoms with E-state index in [0.29, 0.717) is 0 Å². The maximum Gasteiger partial charge on any atom is 0.336 e. The molecule has 0 aromatic heterocycles. The number of sulfonamides is 1. The maximum absolute atomic E-state index is 12.5. The van der Waals surface area contributed by atoms with Crippen molar-refractivity contribution < 1.29 is 27.8 Å². The molecule has 0 aliphatic carbocycles. The van der Waals surface area contributed by atoms with Crippen LogP contribution >= 0.6 is 0 Å². The Hall–Kier alpha value is -1.84. The molecule has 0 bridgehead atoms. The normalized spacial score (nSPS) is 20.1. The number of esters is 1. The van der Waals surface area contributed by atoms with Crippen LogP contribution in [-0.2, 0) is 24.3 Å². The van der Waals surface area contributed by atoms with Crippen LogP contribution in [0.25, 0.3) is 0 Å². The van der Waals surface area contributed by atoms with Gasteiger partial charge in [-0.2, -0.15) is 4.31 Å². The van der Waals surface area contributed by atoms with Crippen molar-refractivity contribution in [3.05, 3.63) is 18.2 Å². The van der Waals surface area contributed by atoms with Crippen LogP contribution in [0.3, 0.4) is 0 Å². The third kappa shape index (κ3) is 3.09. The summed E-state index contributed by atoms with van der Waals surface area (Å²) in [7, 11) is -2.61. The summed E-state index contributed by atoms with van der Waals surface area (Å²) in [4.78, 5) is 11.4. The summed E-state index contributed by atoms with van der Waals surface area (Å²) in [6.45, 7) is 0.0823. The van der Waals surface area contributed by atoms with Crippen molar-refractivity contribution in [2.75, 3.05) is 32.5 Å². The van der Waals surface area contributed by atoms with Gasteiger partial charge >= 0.3 is 5.97 Å². The minimum atomic E-state index is -3.82. The van der Waals surface area contributed by atoms with Gasteiger partial charge in [0.1, 0.15) is 5.75 Å². The Labute approximate surface area is 122 Å². The fraction of sp³-hybridized carbons (Fsp3) is 0.417. The number of hydrogen-bond acceptors (Lipinski definition) is 7. The van der Waals surface area contributed by atoms with Gasteiger partial charge in [-0.15, -0.1) is 0 Å². The number of anilines is 1. The number of carbonyl (C=O) groups excluding carboxylic acids is 1. The smallest absolute Gasteiger partial charge is 0.336 e. The summed E-state index contributed by atoms with van der Waals surface area (Å²) in [6, 6.07) is 3.64. The summed E-state index contributed by atoms with van der Waals surface area (Å²) in [5.74, 6) is -0.816. The first-order chi connectivity index (χ1) is 9.86. The highest BCUT2D eigenvalue weighted by molar-refractivity contribution is 7.89. The van der Waals surface area contributed by atoms with Crippen LogP contribution in [0.1, 0.15) is 0 Å². The number of phenolic OH excluding ortho intramolecular Hbond substituents is 1. The zero-order valence-electron chi connectivity index (χ0n) is 11.4. The molecule has 1 aliphatic heterocycles. The molecular formula is C12H16N2O6S. The molecule has 1 aromatic carbocycles. The number of methoxy groups -OCH3 is 1. The summed E-state index contributed by atoms with van der Waals surface area (Å²) in [5, 5.41) is 9.35. The standard InChI is InChI=1S/C12H16N2O6S/c1-19-12(16)11-7-14(4-5-20-11)21(17,18)8-2-3-10(15)9(13)6-8/h2-3,6,11,15H,4-5,7,13H2,1H3. The Bertz CT molecular complexity index is 645. The summed E-state index contributed by atoms with van der Waals surface area (Å²) < 4.78 is 35.8. The molecular weight excluding hydrogens is 300 g/mol. The number of phenols is 1. The van der Waals surface area contributed by atoms with E-state index in [4.69, 9.17) is 10.5 Å². The van der Waals surface area contributed by atoms with Gasteiger partial charge in [-0.05, 0) is 18.2 Å². The van der Waals surface area contributed by atoms with E-state index in [1.165, 1.54) is 25.3 Å². The first-order valence-electron chi connectivity index (χ1n) is 6.14. The molecule has 8 nitrogen and oxygen atoms in total. The third-order valence-electron chi connectivity index (χ3n) is 3.13. The van der Waals surface area contributed by atoms with Crippen LogP contribution < -0.4 is 5.73 Å². The third-order valence-corrected chi connectivity index (χ3v) is 4.99. The number of aromatic hydroxyl groups is 1. The van der Waals surface area contributed by atoms with E-state index in [-0.39, 0.29) is 36.0 Å². The number of benzene rings is 1. The van der Waals surface area contributed by atoms with Gasteiger partial charge in [0.2, 0.25) is 10.0 Å². The lowest BCUT2D eigenvalue weighted by molar-refractivity contribution is -0.157. The second kappa shape index (κ2) is 5.88. The number of hydrogen-bond donors (Lipinski definition) is 2. The summed E-state index contributed by atoms with van der Waals surface area (Å²) in [6.07, 6.45) is -0.951. The molecule has 21 heavy (non-hydrogen) atoms. The Balaban J connectivity index is 2.26. The average molecular weight is 316 g/mol. The van der Waals surface area contributed by atoms with E-state index >= 15 is 0 Å². The molecule has 0 spiro atoms. The maximum atomic E-state index is 12.5. The minimum Gasteiger partial charge on any atom is -0.506 e. The van der Waals surface area contributed by atoms with Crippen molar-refractivity contribution in [3.8, 4) is 5.75 Å². The SMILES string of the molecule is COC(=O)C1CN(S(=O)(=O)c2ccc(O)c(N)c2)CCO1. The van der Waals surface area contributed by atoms with Crippen LogP contribution in [-0.4, -0.2) is 56.7 Å². The average Bonchev–Trinajstić information content (AvgIpc) is 2.49. The number of nitrogens with zero attached hydrogens (tertiary/aromatic N) is 1. The number of rotatable bonds is 3. The van der Waals surface area contributed by atoms with Crippen molar-refractivity contribution in [3.63, 3.8) is 0 Å². The van der Waals surface area contributed by atoms with Crippen molar-refractivity contribution in [2.24, 2.45) is 0 Å². The fourth-order valence-electron chi connectivity index (χ4n) is 1.96. The topological polar surface area (TPSA) is 119 Å². The van der Waals surface area contributed by atoms with E-state index in [2.05, 4.69) is 4.74 Å². The number of morpholine rings is 1. The second-order valence-corrected chi connectivity index (χ2v) is 6.40. The second-order valence-electron chi connectivity index (χ2n) is 4.47. The zero-order valence-corrected chi connectivity index (χ0v) is 12.2. The Morgan fingerprint density at radius 1 is 1.52 bits per heavy atom. The summed E-state index contributed by atoms with van der Waals surface area (Å²) >= 11 is 0. The van der Waals surface area contributed by atoms with Crippen molar-refractivity contribution in [1.29, 1.82) is 0 Å². The first-order valence-corrected chi connectivity index (χ1v) is 7.58. The molecule has 9 heteroatoms. The predicted molar refractivity (Wildman–Crippen MR) is 73.0 cm³/mol. The predicted octanol–water partition coefficient (Wildman–Crippen LogP) is -0.463. The van der Waals surface area contributed by atoms with Crippen LogP contribution in [0.15, 0.2) is 23.1 Å². The highest BCUT2D eigenvalue weighted by atomic mass is 32.2. The molecule has 3 N–H and O–H groups in total. The molecule has 0 radical (unpaired) electrons. The van der Waals surface area contributed by atoms with Crippen LogP contribution in [0, 0.1) is 0 Å². The van der Waals surface area contributed by atoms with Gasteiger partial charge in [-0.1, -0.05) is 0 Å². The molecule has 116 valence electrons. The first kappa shape index (κ1) is 15.5. The number of nitrogen functional groups attached to an aromatic ring is 1. The molecule has 0 amide bonds. The number of carbonyl (C=O) groups is 1. The summed E-state index contributed by atoms with van der Waals surface area (Å²) in [5.41, 5.74) is 5.48. The lowest BCUT2D eigenvalue weighted by Gasteiger charge is -2.30. The number of nitrogens with two attached hydrogens (primary N) is 1. The largest absolute Gasteiger partial charge is 0.506 e. The van der Waals surface area contributed by atoms with Gasteiger partial charge in [-0.25, -0.2) is 13.2 Å². The Morgan fingerprint density at radius 2 is 2.24 bits per heavy atom. The van der Waals surface area contributed by atoms with Crippen molar-refractivity contribution >= 4 is 21.7 Å². The highest BCUT2D eigenvalue weighted by Crippen LogP contribution is 2.26. The van der Waals surface area contributed by atoms with Gasteiger partial charge in [0, 0.05) is 6.54 Å². The van der Waals surface area contributed by atoms with Gasteiger partial charge in [-0.3, -0.25) is 0 Å². The van der Waals surface area contributed by atoms with Crippen molar-refractivity contribution in [2.45, 2.75) is 11.0 Å². The quantitative estimate of drug-likeness (QED) is 0.440. The molecule has 1 fully saturated rings. The van der Waals surface area contributed by atoms with Gasteiger partial charge < -0.3 is 20.3 Å². The van der Waals surface area contributed by atoms with E-state index in [0.717, 1.165) is 4.31 Å². The Kier molecular flexibility index (Phi) is 4.35. The minimum absolute atomic E-state index is 0.0335. The molecule has 0 saturated carbocycles. The molecule has 1 aromatic rings. The Morgan fingerprint density at radius 3 is 2.86 bits per heavy atom. The van der Waals surface area contributed by atoms with Crippen LogP contribution in [0.4, 0.5) is 5.69 Å². The lowest BCUT2D eigenvalue weighted by atomic mass is 10.3. The van der Waals surface area contributed by atoms with Gasteiger partial charge in [0.25, 0.3) is 0 Å². The number of ether oxygens (including phenoxy) is 2. The van der Waals surface area contributed by atoms with E-state index in [1.54, 1.807) is 0 Å². The molecule has 1 unspecified atom stereocenters. The van der Waals surface area contributed by atoms with Crippen LogP contribution in [0.5, 0.6) is 5.75 Å².